The van der Waals surface area contributed by atoms with Crippen LogP contribution in [0.1, 0.15) is 29.9 Å². The van der Waals surface area contributed by atoms with E-state index in [-0.39, 0.29) is 18.1 Å². The molecule has 2 unspecified atom stereocenters. The molecule has 0 bridgehead atoms. The van der Waals surface area contributed by atoms with Crippen molar-refractivity contribution in [2.45, 2.75) is 32.6 Å². The van der Waals surface area contributed by atoms with E-state index in [4.69, 9.17) is 9.47 Å². The second kappa shape index (κ2) is 7.40. The molecule has 0 radical (unpaired) electrons. The van der Waals surface area contributed by atoms with Crippen molar-refractivity contribution in [1.29, 1.82) is 0 Å². The minimum absolute atomic E-state index is 0.0100. The summed E-state index contributed by atoms with van der Waals surface area (Å²) in [4.78, 5) is 19.3. The molecule has 2 aromatic heterocycles. The molecule has 1 amide bonds. The number of benzene rings is 1. The predicted octanol–water partition coefficient (Wildman–Crippen LogP) is 3.16. The van der Waals surface area contributed by atoms with E-state index < -0.39 is 0 Å². The zero-order valence-electron chi connectivity index (χ0n) is 15.5. The van der Waals surface area contributed by atoms with Crippen LogP contribution in [0.3, 0.4) is 0 Å². The van der Waals surface area contributed by atoms with Gasteiger partial charge >= 0.3 is 0 Å². The Kier molecular flexibility index (Phi) is 4.81. The van der Waals surface area contributed by atoms with Crippen LogP contribution in [0.15, 0.2) is 54.9 Å². The fourth-order valence-electron chi connectivity index (χ4n) is 3.28. The highest BCUT2D eigenvalue weighted by Crippen LogP contribution is 2.20. The fourth-order valence-corrected chi connectivity index (χ4v) is 3.28. The molecule has 27 heavy (non-hydrogen) atoms. The number of amides is 1. The maximum Gasteiger partial charge on any atom is 0.254 e. The fraction of sp³-hybridized carbons (Fsp3) is 0.333. The minimum Gasteiger partial charge on any atom is -0.487 e. The van der Waals surface area contributed by atoms with Crippen LogP contribution in [0.5, 0.6) is 5.75 Å². The van der Waals surface area contributed by atoms with Gasteiger partial charge in [-0.05, 0) is 44.2 Å². The van der Waals surface area contributed by atoms with E-state index in [1.54, 1.807) is 6.07 Å². The molecule has 1 fully saturated rings. The van der Waals surface area contributed by atoms with Crippen LogP contribution in [0, 0.1) is 0 Å². The van der Waals surface area contributed by atoms with Crippen molar-refractivity contribution in [2.75, 3.05) is 13.2 Å². The Labute approximate surface area is 158 Å². The van der Waals surface area contributed by atoms with Gasteiger partial charge in [0, 0.05) is 24.5 Å². The Bertz CT molecular complexity index is 920. The molecule has 0 aliphatic carbocycles. The Balaban J connectivity index is 1.46. The molecular formula is C21H23N3O3. The Morgan fingerprint density at radius 3 is 3.00 bits per heavy atom. The van der Waals surface area contributed by atoms with Gasteiger partial charge in [-0.25, -0.2) is 4.98 Å². The number of pyridine rings is 1. The number of hydrogen-bond acceptors (Lipinski definition) is 4. The summed E-state index contributed by atoms with van der Waals surface area (Å²) >= 11 is 0. The molecule has 6 nitrogen and oxygen atoms in total. The number of hydrogen-bond donors (Lipinski definition) is 0. The van der Waals surface area contributed by atoms with Crippen LogP contribution < -0.4 is 4.74 Å². The molecule has 0 N–H and O–H groups in total. The van der Waals surface area contributed by atoms with Gasteiger partial charge in [0.05, 0.1) is 24.4 Å². The molecule has 3 aromatic rings. The molecule has 4 rings (SSSR count). The highest BCUT2D eigenvalue weighted by atomic mass is 16.5. The van der Waals surface area contributed by atoms with Crippen molar-refractivity contribution in [3.63, 3.8) is 0 Å². The largest absolute Gasteiger partial charge is 0.487 e. The van der Waals surface area contributed by atoms with Crippen LogP contribution in [-0.2, 0) is 11.3 Å². The van der Waals surface area contributed by atoms with Gasteiger partial charge in [-0.2, -0.15) is 0 Å². The molecule has 1 aliphatic heterocycles. The molecule has 1 saturated heterocycles. The Hall–Kier alpha value is -2.86. The summed E-state index contributed by atoms with van der Waals surface area (Å²) in [5.41, 5.74) is 2.35. The van der Waals surface area contributed by atoms with Gasteiger partial charge in [-0.1, -0.05) is 12.1 Å². The maximum absolute atomic E-state index is 12.9. The molecule has 0 spiro atoms. The summed E-state index contributed by atoms with van der Waals surface area (Å²) < 4.78 is 13.4. The van der Waals surface area contributed by atoms with E-state index in [0.29, 0.717) is 31.1 Å². The third kappa shape index (κ3) is 3.80. The summed E-state index contributed by atoms with van der Waals surface area (Å²) in [7, 11) is 0. The topological polar surface area (TPSA) is 56.1 Å². The number of fused-ring (bicyclic) bond motifs is 1. The summed E-state index contributed by atoms with van der Waals surface area (Å²) in [5, 5.41) is 0. The molecule has 2 atom stereocenters. The first-order valence-corrected chi connectivity index (χ1v) is 9.18. The van der Waals surface area contributed by atoms with Crippen LogP contribution in [0.25, 0.3) is 5.65 Å². The summed E-state index contributed by atoms with van der Waals surface area (Å²) in [5.74, 6) is 0.669. The number of morpholine rings is 1. The normalized spacial score (nSPS) is 20.0. The number of nitrogens with zero attached hydrogens (tertiary/aromatic N) is 3. The van der Waals surface area contributed by atoms with Gasteiger partial charge < -0.3 is 18.8 Å². The molecule has 3 heterocycles. The number of carbonyl (C=O) groups excluding carboxylic acids is 1. The molecular weight excluding hydrogens is 342 g/mol. The highest BCUT2D eigenvalue weighted by molar-refractivity contribution is 5.94. The van der Waals surface area contributed by atoms with E-state index in [1.165, 1.54) is 0 Å². The lowest BCUT2D eigenvalue weighted by atomic mass is 10.1. The second-order valence-corrected chi connectivity index (χ2v) is 6.97. The predicted molar refractivity (Wildman–Crippen MR) is 102 cm³/mol. The monoisotopic (exact) mass is 365 g/mol. The number of ether oxygens (including phenoxy) is 2. The van der Waals surface area contributed by atoms with Crippen LogP contribution >= 0.6 is 0 Å². The SMILES string of the molecule is CC1CN(C(=O)c2cccc(OCc3cn4ccccc4n3)c2)C(C)CO1. The van der Waals surface area contributed by atoms with Crippen molar-refractivity contribution in [3.05, 3.63) is 66.1 Å². The maximum atomic E-state index is 12.9. The summed E-state index contributed by atoms with van der Waals surface area (Å²) in [6.45, 7) is 5.52. The molecule has 6 heteroatoms. The number of rotatable bonds is 4. The Morgan fingerprint density at radius 2 is 2.15 bits per heavy atom. The molecule has 1 aliphatic rings. The molecule has 1 aromatic carbocycles. The first-order valence-electron chi connectivity index (χ1n) is 9.18. The zero-order valence-corrected chi connectivity index (χ0v) is 15.5. The number of carbonyl (C=O) groups is 1. The second-order valence-electron chi connectivity index (χ2n) is 6.97. The van der Waals surface area contributed by atoms with Gasteiger partial charge in [-0.15, -0.1) is 0 Å². The van der Waals surface area contributed by atoms with Gasteiger partial charge in [0.15, 0.2) is 0 Å². The van der Waals surface area contributed by atoms with Crippen LogP contribution in [0.4, 0.5) is 0 Å². The standard InChI is InChI=1S/C21H23N3O3/c1-15-13-26-16(2)11-24(15)21(25)17-6-5-7-19(10-17)27-14-18-12-23-9-4-3-8-20(23)22-18/h3-10,12,15-16H,11,13-14H2,1-2H3. The third-order valence-corrected chi connectivity index (χ3v) is 4.75. The zero-order chi connectivity index (χ0) is 18.8. The third-order valence-electron chi connectivity index (χ3n) is 4.75. The number of imidazole rings is 1. The van der Waals surface area contributed by atoms with E-state index in [9.17, 15) is 4.79 Å². The molecule has 140 valence electrons. The lowest BCUT2D eigenvalue weighted by Gasteiger charge is -2.36. The van der Waals surface area contributed by atoms with Gasteiger partial charge in [0.1, 0.15) is 18.0 Å². The van der Waals surface area contributed by atoms with Gasteiger partial charge in [0.2, 0.25) is 0 Å². The first kappa shape index (κ1) is 17.5. The summed E-state index contributed by atoms with van der Waals surface area (Å²) in [6.07, 6.45) is 3.95. The lowest BCUT2D eigenvalue weighted by molar-refractivity contribution is -0.0387. The summed E-state index contributed by atoms with van der Waals surface area (Å²) in [6, 6.07) is 13.3. The van der Waals surface area contributed by atoms with Crippen molar-refractivity contribution in [3.8, 4) is 5.75 Å². The minimum atomic E-state index is 0.0100. The quantitative estimate of drug-likeness (QED) is 0.713. The highest BCUT2D eigenvalue weighted by Gasteiger charge is 2.28. The van der Waals surface area contributed by atoms with Crippen LogP contribution in [-0.4, -0.2) is 45.5 Å². The van der Waals surface area contributed by atoms with Crippen molar-refractivity contribution in [1.82, 2.24) is 14.3 Å². The average Bonchev–Trinajstić information content (AvgIpc) is 3.11. The first-order chi connectivity index (χ1) is 13.1. The van der Waals surface area contributed by atoms with Crippen LogP contribution in [0.2, 0.25) is 0 Å². The van der Waals surface area contributed by atoms with Crippen molar-refractivity contribution < 1.29 is 14.3 Å². The van der Waals surface area contributed by atoms with E-state index in [0.717, 1.165) is 11.3 Å². The average molecular weight is 365 g/mol. The lowest BCUT2D eigenvalue weighted by Crippen LogP contribution is -2.50. The Morgan fingerprint density at radius 1 is 1.26 bits per heavy atom. The smallest absolute Gasteiger partial charge is 0.254 e. The van der Waals surface area contributed by atoms with E-state index in [2.05, 4.69) is 4.98 Å². The van der Waals surface area contributed by atoms with E-state index >= 15 is 0 Å². The number of aromatic nitrogens is 2. The van der Waals surface area contributed by atoms with Gasteiger partial charge in [-0.3, -0.25) is 4.79 Å². The van der Waals surface area contributed by atoms with Crippen molar-refractivity contribution in [2.24, 2.45) is 0 Å². The van der Waals surface area contributed by atoms with E-state index in [1.807, 2.05) is 71.9 Å². The van der Waals surface area contributed by atoms with Crippen molar-refractivity contribution >= 4 is 11.6 Å². The van der Waals surface area contributed by atoms with Gasteiger partial charge in [0.25, 0.3) is 5.91 Å². The molecule has 0 saturated carbocycles.